The monoisotopic (exact) mass is 502 g/mol. The van der Waals surface area contributed by atoms with E-state index in [2.05, 4.69) is 55.7 Å². The maximum absolute atomic E-state index is 7.50. The first-order valence-electron chi connectivity index (χ1n) is 8.93. The molecule has 4 rings (SSSR count). The molecule has 11 nitrogen and oxygen atoms in total. The van der Waals surface area contributed by atoms with E-state index in [9.17, 15) is 0 Å². The molecule has 6 atom stereocenters. The molecular formula is C21H22CrO11. The number of fused-ring (bicyclic) bond motifs is 3. The van der Waals surface area contributed by atoms with E-state index in [1.165, 1.54) is 0 Å². The van der Waals surface area contributed by atoms with Crippen LogP contribution >= 0.6 is 0 Å². The fourth-order valence-corrected chi connectivity index (χ4v) is 4.04. The van der Waals surface area contributed by atoms with Crippen LogP contribution in [0, 0.1) is 33.3 Å². The van der Waals surface area contributed by atoms with Crippen LogP contribution in [0.1, 0.15) is 34.1 Å². The van der Waals surface area contributed by atoms with Crippen molar-refractivity contribution >= 4 is 4.57 Å². The molecule has 0 bridgehead atoms. The van der Waals surface area contributed by atoms with Crippen molar-refractivity contribution in [3.63, 3.8) is 0 Å². The Hall–Kier alpha value is -1.40. The van der Waals surface area contributed by atoms with Gasteiger partial charge in [-0.15, -0.1) is 0 Å². The summed E-state index contributed by atoms with van der Waals surface area (Å²) in [7, 11) is 0. The van der Waals surface area contributed by atoms with Gasteiger partial charge in [-0.05, 0) is 0 Å². The van der Waals surface area contributed by atoms with Gasteiger partial charge < -0.3 is 0 Å². The van der Waals surface area contributed by atoms with E-state index >= 15 is 0 Å². The minimum atomic E-state index is -0.708. The zero-order valence-electron chi connectivity index (χ0n) is 18.3. The zero-order chi connectivity index (χ0) is 26.6. The topological polar surface area (TPSA) is 155 Å². The summed E-state index contributed by atoms with van der Waals surface area (Å²) in [5.74, 6) is -1.40. The van der Waals surface area contributed by atoms with Crippen LogP contribution in [-0.4, -0.2) is 53.0 Å². The van der Waals surface area contributed by atoms with Crippen LogP contribution in [0.25, 0.3) is 0 Å². The number of ether oxygens (including phenoxy) is 6. The maximum atomic E-state index is 7.50. The van der Waals surface area contributed by atoms with Gasteiger partial charge in [0.2, 0.25) is 0 Å². The van der Waals surface area contributed by atoms with Gasteiger partial charge in [0, 0.05) is 0 Å². The number of hydrogen-bond donors (Lipinski definition) is 0. The van der Waals surface area contributed by atoms with Crippen molar-refractivity contribution in [1.82, 2.24) is 0 Å². The molecule has 0 aromatic heterocycles. The SMILES string of the molecule is C=C1C[C@@H]([C@H]2O[C@@H]3OC(C)(C)O[C@@H]3[C@H]3OC(C)(C)O[C@H]32)O[C]1=[Cr].[C-]#[O+].[C-]#[O+].[C-]#[O+].[C-]#[O+].[C-]#[O+]. The molecule has 0 aromatic carbocycles. The first kappa shape index (κ1) is 33.8. The van der Waals surface area contributed by atoms with E-state index < -0.39 is 17.9 Å². The van der Waals surface area contributed by atoms with Gasteiger partial charge >= 0.3 is 200 Å². The second-order valence-corrected chi connectivity index (χ2v) is 7.96. The Morgan fingerprint density at radius 2 is 1.12 bits per heavy atom. The summed E-state index contributed by atoms with van der Waals surface area (Å²) in [5.41, 5.74) is 0.944. The van der Waals surface area contributed by atoms with Gasteiger partial charge in [-0.3, -0.25) is 0 Å². The predicted octanol–water partition coefficient (Wildman–Crippen LogP) is 1.22. The molecule has 4 heterocycles. The first-order chi connectivity index (χ1) is 15.7. The molecule has 178 valence electrons. The van der Waals surface area contributed by atoms with Crippen LogP contribution in [0.5, 0.6) is 0 Å². The summed E-state index contributed by atoms with van der Waals surface area (Å²) in [5, 5.41) is 0. The molecule has 4 aliphatic heterocycles. The van der Waals surface area contributed by atoms with Crippen LogP contribution in [0.3, 0.4) is 0 Å². The molecule has 0 N–H and O–H groups in total. The molecule has 0 saturated carbocycles. The summed E-state index contributed by atoms with van der Waals surface area (Å²) in [4.78, 5) is 0. The molecule has 0 radical (unpaired) electrons. The standard InChI is InChI=1S/C16H22O6.5CO.Cr/c1-8-6-9(17-7-8)10-11-12(20-15(2,3)19-11)13-14(18-10)22-16(4,5)21-13;5*1-2;/h9-14H,1,6H2,2-5H3;;;;;;/t9-,10+,11-,12-,13+,14+;;;;;;/m0....../s1. The Labute approximate surface area is 200 Å². The molecule has 12 heteroatoms. The molecule has 0 aliphatic carbocycles. The summed E-state index contributed by atoms with van der Waals surface area (Å²) in [6.45, 7) is 34.1. The van der Waals surface area contributed by atoms with E-state index in [1.807, 2.05) is 27.7 Å². The van der Waals surface area contributed by atoms with Crippen molar-refractivity contribution in [2.24, 2.45) is 0 Å². The summed E-state index contributed by atoms with van der Waals surface area (Å²) < 4.78 is 74.4. The minimum absolute atomic E-state index is 0.169. The fraction of sp³-hybridized carbons (Fsp3) is 0.619. The van der Waals surface area contributed by atoms with Crippen molar-refractivity contribution in [2.45, 2.75) is 82.5 Å². The van der Waals surface area contributed by atoms with Gasteiger partial charge in [0.05, 0.1) is 0 Å². The van der Waals surface area contributed by atoms with E-state index in [-0.39, 0.29) is 30.5 Å². The van der Waals surface area contributed by atoms with Crippen molar-refractivity contribution in [3.8, 4) is 0 Å². The van der Waals surface area contributed by atoms with Crippen LogP contribution < -0.4 is 0 Å². The molecule has 33 heavy (non-hydrogen) atoms. The Kier molecular flexibility index (Phi) is 15.9. The second kappa shape index (κ2) is 15.5. The van der Waals surface area contributed by atoms with E-state index in [4.69, 9.17) is 51.7 Å². The van der Waals surface area contributed by atoms with Gasteiger partial charge in [-0.25, -0.2) is 0 Å². The Morgan fingerprint density at radius 3 is 1.55 bits per heavy atom. The number of rotatable bonds is 1. The van der Waals surface area contributed by atoms with Crippen molar-refractivity contribution in [2.75, 3.05) is 0 Å². The van der Waals surface area contributed by atoms with Crippen LogP contribution in [0.15, 0.2) is 12.2 Å². The molecule has 4 saturated heterocycles. The van der Waals surface area contributed by atoms with Crippen molar-refractivity contribution in [1.29, 1.82) is 0 Å². The van der Waals surface area contributed by atoms with Crippen LogP contribution in [-0.2, 0) is 67.5 Å². The molecule has 0 aromatic rings. The molecule has 0 amide bonds. The Bertz CT molecular complexity index is 714. The number of hydrogen-bond acceptors (Lipinski definition) is 6. The summed E-state index contributed by atoms with van der Waals surface area (Å²) >= 11 is 2.90. The summed E-state index contributed by atoms with van der Waals surface area (Å²) in [6, 6.07) is 0. The predicted molar refractivity (Wildman–Crippen MR) is 95.8 cm³/mol. The van der Waals surface area contributed by atoms with Crippen LogP contribution in [0.4, 0.5) is 0 Å². The van der Waals surface area contributed by atoms with Crippen molar-refractivity contribution in [3.05, 3.63) is 45.4 Å². The van der Waals surface area contributed by atoms with Gasteiger partial charge in [0.15, 0.2) is 0 Å². The van der Waals surface area contributed by atoms with Gasteiger partial charge in [-0.2, -0.15) is 0 Å². The van der Waals surface area contributed by atoms with E-state index in [1.54, 1.807) is 0 Å². The molecule has 4 fully saturated rings. The first-order valence-corrected chi connectivity index (χ1v) is 9.56. The second-order valence-electron chi connectivity index (χ2n) is 7.39. The third-order valence-electron chi connectivity index (χ3n) is 4.55. The Balaban J connectivity index is 0. The van der Waals surface area contributed by atoms with Crippen LogP contribution in [0.2, 0.25) is 0 Å². The van der Waals surface area contributed by atoms with E-state index in [0.29, 0.717) is 6.42 Å². The molecule has 4 aliphatic rings. The van der Waals surface area contributed by atoms with Gasteiger partial charge in [-0.1, -0.05) is 0 Å². The Morgan fingerprint density at radius 1 is 0.727 bits per heavy atom. The third-order valence-corrected chi connectivity index (χ3v) is 5.15. The third kappa shape index (κ3) is 8.40. The van der Waals surface area contributed by atoms with Gasteiger partial charge in [0.25, 0.3) is 0 Å². The quantitative estimate of drug-likeness (QED) is 0.388. The molecular weight excluding hydrogens is 480 g/mol. The average Bonchev–Trinajstić information content (AvgIpc) is 3.45. The van der Waals surface area contributed by atoms with E-state index in [0.717, 1.165) is 10.1 Å². The van der Waals surface area contributed by atoms with Gasteiger partial charge in [0.1, 0.15) is 0 Å². The zero-order valence-corrected chi connectivity index (χ0v) is 19.6. The molecule has 0 spiro atoms. The average molecular weight is 502 g/mol. The van der Waals surface area contributed by atoms with Crippen molar-refractivity contribution < 1.29 is 67.5 Å². The normalized spacial score (nSPS) is 33.5. The fourth-order valence-electron chi connectivity index (χ4n) is 3.71. The molecule has 0 unspecified atom stereocenters. The summed E-state index contributed by atoms with van der Waals surface area (Å²) in [6.07, 6.45) is -1.10.